The molecule has 3 rings (SSSR count). The van der Waals surface area contributed by atoms with Crippen LogP contribution in [0.15, 0.2) is 48.5 Å². The Labute approximate surface area is 157 Å². The van der Waals surface area contributed by atoms with Gasteiger partial charge in [-0.15, -0.1) is 0 Å². The highest BCUT2D eigenvalue weighted by Crippen LogP contribution is 2.25. The van der Waals surface area contributed by atoms with E-state index in [9.17, 15) is 5.26 Å². The molecule has 0 saturated heterocycles. The highest BCUT2D eigenvalue weighted by Gasteiger charge is 2.18. The van der Waals surface area contributed by atoms with Crippen LogP contribution in [0.25, 0.3) is 5.69 Å². The standard InChI is InChI=1S/C20H18ClN3O2/c1-14-17(12-22)20(24(23-14)19-5-3-2-4-18(19)21)13-26-16-8-6-15(7-9-16)10-11-25/h2-9,25H,10-11,13H2,1H3. The van der Waals surface area contributed by atoms with Crippen LogP contribution < -0.4 is 4.74 Å². The zero-order valence-electron chi connectivity index (χ0n) is 14.3. The fourth-order valence-corrected chi connectivity index (χ4v) is 2.93. The molecule has 132 valence electrons. The van der Waals surface area contributed by atoms with Crippen LogP contribution >= 0.6 is 11.6 Å². The predicted molar refractivity (Wildman–Crippen MR) is 99.6 cm³/mol. The number of para-hydroxylation sites is 1. The third kappa shape index (κ3) is 3.72. The first-order chi connectivity index (χ1) is 12.6. The van der Waals surface area contributed by atoms with Gasteiger partial charge in [-0.2, -0.15) is 10.4 Å². The summed E-state index contributed by atoms with van der Waals surface area (Å²) < 4.78 is 7.53. The number of benzene rings is 2. The van der Waals surface area contributed by atoms with Crippen molar-refractivity contribution in [2.75, 3.05) is 6.61 Å². The van der Waals surface area contributed by atoms with Gasteiger partial charge in [0.1, 0.15) is 24.0 Å². The van der Waals surface area contributed by atoms with E-state index in [1.165, 1.54) is 0 Å². The van der Waals surface area contributed by atoms with Crippen LogP contribution in [0.1, 0.15) is 22.5 Å². The van der Waals surface area contributed by atoms with Crippen LogP contribution in [0, 0.1) is 18.3 Å². The average Bonchev–Trinajstić information content (AvgIpc) is 2.97. The smallest absolute Gasteiger partial charge is 0.132 e. The SMILES string of the molecule is Cc1nn(-c2ccccc2Cl)c(COc2ccc(CCO)cc2)c1C#N. The molecule has 0 unspecified atom stereocenters. The molecular formula is C20H18ClN3O2. The van der Waals surface area contributed by atoms with Crippen molar-refractivity contribution in [2.24, 2.45) is 0 Å². The number of nitrogens with zero attached hydrogens (tertiary/aromatic N) is 3. The van der Waals surface area contributed by atoms with Crippen molar-refractivity contribution < 1.29 is 9.84 Å². The van der Waals surface area contributed by atoms with Crippen LogP contribution in [0.2, 0.25) is 5.02 Å². The first-order valence-electron chi connectivity index (χ1n) is 8.20. The van der Waals surface area contributed by atoms with E-state index < -0.39 is 0 Å². The molecule has 26 heavy (non-hydrogen) atoms. The summed E-state index contributed by atoms with van der Waals surface area (Å²) in [5.74, 6) is 0.681. The fourth-order valence-electron chi connectivity index (χ4n) is 2.71. The van der Waals surface area contributed by atoms with Gasteiger partial charge in [-0.25, -0.2) is 4.68 Å². The van der Waals surface area contributed by atoms with Crippen LogP contribution in [0.3, 0.4) is 0 Å². The van der Waals surface area contributed by atoms with Gasteiger partial charge in [0.05, 0.1) is 22.1 Å². The lowest BCUT2D eigenvalue weighted by molar-refractivity contribution is 0.295. The van der Waals surface area contributed by atoms with E-state index in [1.54, 1.807) is 17.7 Å². The highest BCUT2D eigenvalue weighted by atomic mass is 35.5. The highest BCUT2D eigenvalue weighted by molar-refractivity contribution is 6.32. The van der Waals surface area contributed by atoms with E-state index in [1.807, 2.05) is 42.5 Å². The van der Waals surface area contributed by atoms with Crippen molar-refractivity contribution in [3.8, 4) is 17.5 Å². The summed E-state index contributed by atoms with van der Waals surface area (Å²) in [6, 6.07) is 17.1. The van der Waals surface area contributed by atoms with Crippen LogP contribution in [-0.4, -0.2) is 21.5 Å². The van der Waals surface area contributed by atoms with Gasteiger partial charge in [0, 0.05) is 6.61 Å². The number of halogens is 1. The Balaban J connectivity index is 1.89. The van der Waals surface area contributed by atoms with Gasteiger partial charge in [-0.3, -0.25) is 0 Å². The van der Waals surface area contributed by atoms with Crippen molar-refractivity contribution in [3.05, 3.63) is 76.1 Å². The maximum absolute atomic E-state index is 9.51. The number of aliphatic hydroxyl groups excluding tert-OH is 1. The van der Waals surface area contributed by atoms with E-state index in [0.29, 0.717) is 39.8 Å². The zero-order valence-corrected chi connectivity index (χ0v) is 15.1. The number of nitriles is 1. The van der Waals surface area contributed by atoms with Crippen molar-refractivity contribution in [1.82, 2.24) is 9.78 Å². The first kappa shape index (κ1) is 18.0. The third-order valence-electron chi connectivity index (χ3n) is 4.05. The number of aryl methyl sites for hydroxylation is 1. The summed E-state index contributed by atoms with van der Waals surface area (Å²) in [6.45, 7) is 2.09. The van der Waals surface area contributed by atoms with E-state index >= 15 is 0 Å². The first-order valence-corrected chi connectivity index (χ1v) is 8.58. The molecule has 0 fully saturated rings. The molecule has 0 radical (unpaired) electrons. The molecule has 0 aliphatic carbocycles. The van der Waals surface area contributed by atoms with Crippen molar-refractivity contribution in [3.63, 3.8) is 0 Å². The molecule has 2 aromatic carbocycles. The topological polar surface area (TPSA) is 71.1 Å². The minimum Gasteiger partial charge on any atom is -0.487 e. The fraction of sp³-hybridized carbons (Fsp3) is 0.200. The summed E-state index contributed by atoms with van der Waals surface area (Å²) in [4.78, 5) is 0. The summed E-state index contributed by atoms with van der Waals surface area (Å²) in [7, 11) is 0. The number of aromatic nitrogens is 2. The lowest BCUT2D eigenvalue weighted by atomic mass is 10.1. The number of rotatable bonds is 6. The Bertz CT molecular complexity index is 943. The maximum atomic E-state index is 9.51. The van der Waals surface area contributed by atoms with Gasteiger partial charge in [0.2, 0.25) is 0 Å². The van der Waals surface area contributed by atoms with Crippen molar-refractivity contribution >= 4 is 11.6 Å². The summed E-state index contributed by atoms with van der Waals surface area (Å²) in [6.07, 6.45) is 0.608. The minimum atomic E-state index is 0.113. The summed E-state index contributed by atoms with van der Waals surface area (Å²) in [5, 5.41) is 23.5. The number of hydrogen-bond donors (Lipinski definition) is 1. The van der Waals surface area contributed by atoms with Crippen molar-refractivity contribution in [1.29, 1.82) is 5.26 Å². The molecule has 6 heteroatoms. The second kappa shape index (κ2) is 8.05. The Morgan fingerprint density at radius 1 is 1.19 bits per heavy atom. The monoisotopic (exact) mass is 367 g/mol. The molecule has 0 amide bonds. The van der Waals surface area contributed by atoms with Gasteiger partial charge in [0.25, 0.3) is 0 Å². The minimum absolute atomic E-state index is 0.113. The molecular weight excluding hydrogens is 350 g/mol. The largest absolute Gasteiger partial charge is 0.487 e. The number of ether oxygens (including phenoxy) is 1. The normalized spacial score (nSPS) is 10.5. The van der Waals surface area contributed by atoms with Gasteiger partial charge < -0.3 is 9.84 Å². The molecule has 1 heterocycles. The lowest BCUT2D eigenvalue weighted by Gasteiger charge is -2.11. The Hall–Kier alpha value is -2.81. The van der Waals surface area contributed by atoms with Crippen LogP contribution in [0.4, 0.5) is 0 Å². The van der Waals surface area contributed by atoms with Gasteiger partial charge >= 0.3 is 0 Å². The van der Waals surface area contributed by atoms with Crippen molar-refractivity contribution in [2.45, 2.75) is 20.0 Å². The van der Waals surface area contributed by atoms with Gasteiger partial charge in [-0.05, 0) is 43.2 Å². The average molecular weight is 368 g/mol. The molecule has 1 aromatic heterocycles. The number of hydrogen-bond acceptors (Lipinski definition) is 4. The molecule has 3 aromatic rings. The summed E-state index contributed by atoms with van der Waals surface area (Å²) in [5.41, 5.74) is 3.51. The third-order valence-corrected chi connectivity index (χ3v) is 4.37. The molecule has 1 N–H and O–H groups in total. The molecule has 0 saturated carbocycles. The van der Waals surface area contributed by atoms with E-state index in [2.05, 4.69) is 11.2 Å². The Morgan fingerprint density at radius 2 is 1.92 bits per heavy atom. The molecule has 0 aliphatic rings. The Morgan fingerprint density at radius 3 is 2.58 bits per heavy atom. The predicted octanol–water partition coefficient (Wildman–Crippen LogP) is 3.82. The lowest BCUT2D eigenvalue weighted by Crippen LogP contribution is -2.07. The van der Waals surface area contributed by atoms with E-state index in [4.69, 9.17) is 21.4 Å². The quantitative estimate of drug-likeness (QED) is 0.719. The van der Waals surface area contributed by atoms with E-state index in [-0.39, 0.29) is 13.2 Å². The zero-order chi connectivity index (χ0) is 18.5. The van der Waals surface area contributed by atoms with Gasteiger partial charge in [0.15, 0.2) is 0 Å². The molecule has 0 spiro atoms. The maximum Gasteiger partial charge on any atom is 0.132 e. The second-order valence-electron chi connectivity index (χ2n) is 5.79. The van der Waals surface area contributed by atoms with Gasteiger partial charge in [-0.1, -0.05) is 35.9 Å². The molecule has 5 nitrogen and oxygen atoms in total. The van der Waals surface area contributed by atoms with Crippen LogP contribution in [0.5, 0.6) is 5.75 Å². The molecule has 0 atom stereocenters. The Kier molecular flexibility index (Phi) is 5.57. The summed E-state index contributed by atoms with van der Waals surface area (Å²) >= 11 is 6.29. The van der Waals surface area contributed by atoms with Crippen LogP contribution in [-0.2, 0) is 13.0 Å². The van der Waals surface area contributed by atoms with E-state index in [0.717, 1.165) is 5.56 Å². The molecule has 0 aliphatic heterocycles. The second-order valence-corrected chi connectivity index (χ2v) is 6.20. The molecule has 0 bridgehead atoms. The number of aliphatic hydroxyl groups is 1.